The molecule has 0 unspecified atom stereocenters. The predicted molar refractivity (Wildman–Crippen MR) is 88.7 cm³/mol. The van der Waals surface area contributed by atoms with Crippen LogP contribution in [-0.2, 0) is 17.8 Å². The van der Waals surface area contributed by atoms with Gasteiger partial charge >= 0.3 is 0 Å². The zero-order valence-corrected chi connectivity index (χ0v) is 14.2. The summed E-state index contributed by atoms with van der Waals surface area (Å²) in [6, 6.07) is 3.80. The number of thioether (sulfide) groups is 1. The molecule has 1 aliphatic rings. The fourth-order valence-electron chi connectivity index (χ4n) is 2.06. The molecule has 2 aromatic heterocycles. The highest BCUT2D eigenvalue weighted by Gasteiger charge is 2.36. The maximum atomic E-state index is 12.4. The Hall–Kier alpha value is -1.93. The van der Waals surface area contributed by atoms with Gasteiger partial charge in [0.25, 0.3) is 11.1 Å². The molecule has 0 bridgehead atoms. The highest BCUT2D eigenvalue weighted by atomic mass is 32.2. The molecule has 2 aromatic rings. The molecule has 1 aliphatic heterocycles. The molecule has 0 saturated carbocycles. The summed E-state index contributed by atoms with van der Waals surface area (Å²) in [5.74, 6) is 0.584. The van der Waals surface area contributed by atoms with Crippen molar-refractivity contribution in [2.75, 3.05) is 0 Å². The van der Waals surface area contributed by atoms with Crippen molar-refractivity contribution in [2.45, 2.75) is 32.7 Å². The van der Waals surface area contributed by atoms with Crippen molar-refractivity contribution in [3.05, 3.63) is 39.0 Å². The molecule has 120 valence electrons. The third-order valence-electron chi connectivity index (χ3n) is 3.25. The fourth-order valence-corrected chi connectivity index (χ4v) is 3.63. The zero-order chi connectivity index (χ0) is 16.2. The molecule has 8 heteroatoms. The van der Waals surface area contributed by atoms with Gasteiger partial charge in [0.1, 0.15) is 6.54 Å². The van der Waals surface area contributed by atoms with Crippen LogP contribution in [0.15, 0.2) is 26.9 Å². The van der Waals surface area contributed by atoms with Crippen molar-refractivity contribution < 1.29 is 14.1 Å². The Morgan fingerprint density at radius 1 is 1.39 bits per heavy atom. The second-order valence-corrected chi connectivity index (χ2v) is 6.96. The minimum Gasteiger partial charge on any atom is -0.337 e. The van der Waals surface area contributed by atoms with Crippen LogP contribution < -0.4 is 0 Å². The first kappa shape index (κ1) is 15.9. The summed E-state index contributed by atoms with van der Waals surface area (Å²) in [7, 11) is 0. The number of imide groups is 1. The molecular formula is C15H15N3O3S2. The molecule has 0 atom stereocenters. The maximum absolute atomic E-state index is 12.4. The molecule has 0 radical (unpaired) electrons. The fraction of sp³-hybridized carbons (Fsp3) is 0.333. The second-order valence-electron chi connectivity index (χ2n) is 4.99. The molecule has 23 heavy (non-hydrogen) atoms. The molecule has 1 saturated heterocycles. The lowest BCUT2D eigenvalue weighted by Crippen LogP contribution is -2.27. The Balaban J connectivity index is 1.69. The smallest absolute Gasteiger partial charge is 0.294 e. The van der Waals surface area contributed by atoms with Gasteiger partial charge < -0.3 is 4.52 Å². The summed E-state index contributed by atoms with van der Waals surface area (Å²) in [5, 5.41) is 5.48. The Morgan fingerprint density at radius 2 is 2.26 bits per heavy atom. The number of amides is 2. The number of unbranched alkanes of at least 4 members (excludes halogenated alkanes) is 1. The largest absolute Gasteiger partial charge is 0.337 e. The van der Waals surface area contributed by atoms with Gasteiger partial charge in [0.15, 0.2) is 5.82 Å². The van der Waals surface area contributed by atoms with E-state index in [1.807, 2.05) is 17.5 Å². The molecule has 2 amide bonds. The van der Waals surface area contributed by atoms with Crippen LogP contribution >= 0.6 is 23.1 Å². The summed E-state index contributed by atoms with van der Waals surface area (Å²) in [6.45, 7) is 2.10. The summed E-state index contributed by atoms with van der Waals surface area (Å²) in [6.07, 6.45) is 4.49. The minimum absolute atomic E-state index is 0.0194. The normalized spacial score (nSPS) is 16.7. The van der Waals surface area contributed by atoms with Crippen LogP contribution in [-0.4, -0.2) is 26.2 Å². The highest BCUT2D eigenvalue weighted by molar-refractivity contribution is 8.18. The van der Waals surface area contributed by atoms with Crippen LogP contribution in [0.2, 0.25) is 0 Å². The number of hydrogen-bond donors (Lipinski definition) is 0. The van der Waals surface area contributed by atoms with Crippen molar-refractivity contribution in [1.82, 2.24) is 15.0 Å². The number of aromatic nitrogens is 2. The third-order valence-corrected chi connectivity index (χ3v) is 4.97. The van der Waals surface area contributed by atoms with Gasteiger partial charge in [0.05, 0.1) is 4.91 Å². The van der Waals surface area contributed by atoms with Gasteiger partial charge in [0.2, 0.25) is 5.89 Å². The average molecular weight is 349 g/mol. The zero-order valence-electron chi connectivity index (χ0n) is 12.5. The van der Waals surface area contributed by atoms with Crippen molar-refractivity contribution in [1.29, 1.82) is 0 Å². The number of aryl methyl sites for hydroxylation is 1. The summed E-state index contributed by atoms with van der Waals surface area (Å²) in [5.41, 5.74) is 0. The number of hydrogen-bond acceptors (Lipinski definition) is 7. The Kier molecular flexibility index (Phi) is 4.92. The molecule has 6 nitrogen and oxygen atoms in total. The summed E-state index contributed by atoms with van der Waals surface area (Å²) in [4.78, 5) is 31.1. The molecule has 0 spiro atoms. The first-order valence-corrected chi connectivity index (χ1v) is 8.97. The van der Waals surface area contributed by atoms with Gasteiger partial charge in [-0.25, -0.2) is 0 Å². The number of nitrogens with zero attached hydrogens (tertiary/aromatic N) is 3. The van der Waals surface area contributed by atoms with Crippen LogP contribution in [0.3, 0.4) is 0 Å². The Morgan fingerprint density at radius 3 is 3.00 bits per heavy atom. The average Bonchev–Trinajstić information content (AvgIpc) is 3.25. The van der Waals surface area contributed by atoms with Crippen LogP contribution in [0.4, 0.5) is 4.79 Å². The monoisotopic (exact) mass is 349 g/mol. The first-order valence-electron chi connectivity index (χ1n) is 7.27. The lowest BCUT2D eigenvalue weighted by molar-refractivity contribution is -0.123. The van der Waals surface area contributed by atoms with Crippen LogP contribution in [0.25, 0.3) is 6.08 Å². The quantitative estimate of drug-likeness (QED) is 0.740. The number of thiophene rings is 1. The van der Waals surface area contributed by atoms with Crippen LogP contribution in [0.5, 0.6) is 0 Å². The summed E-state index contributed by atoms with van der Waals surface area (Å²) < 4.78 is 5.13. The Labute approximate surface area is 141 Å². The Bertz CT molecular complexity index is 737. The lowest BCUT2D eigenvalue weighted by Gasteiger charge is -2.08. The van der Waals surface area contributed by atoms with E-state index in [-0.39, 0.29) is 23.6 Å². The van der Waals surface area contributed by atoms with E-state index in [0.717, 1.165) is 40.8 Å². The molecule has 0 N–H and O–H groups in total. The van der Waals surface area contributed by atoms with Crippen molar-refractivity contribution in [3.63, 3.8) is 0 Å². The van der Waals surface area contributed by atoms with Gasteiger partial charge in [-0.3, -0.25) is 14.5 Å². The number of rotatable bonds is 6. The van der Waals surface area contributed by atoms with Gasteiger partial charge in [-0.15, -0.1) is 11.3 Å². The molecule has 0 aromatic carbocycles. The van der Waals surface area contributed by atoms with E-state index in [1.54, 1.807) is 6.08 Å². The standard InChI is InChI=1S/C15H15N3O3S2/c1-2-3-6-12-16-13(21-17-12)9-18-14(19)11(23-15(18)20)8-10-5-4-7-22-10/h4-5,7-8H,2-3,6,9H2,1H3/b11-8+. The second kappa shape index (κ2) is 7.10. The van der Waals surface area contributed by atoms with Crippen LogP contribution in [0.1, 0.15) is 36.4 Å². The van der Waals surface area contributed by atoms with Gasteiger partial charge in [-0.05, 0) is 35.7 Å². The predicted octanol–water partition coefficient (Wildman–Crippen LogP) is 3.71. The summed E-state index contributed by atoms with van der Waals surface area (Å²) >= 11 is 2.45. The van der Waals surface area contributed by atoms with E-state index in [4.69, 9.17) is 4.52 Å². The van der Waals surface area contributed by atoms with Crippen molar-refractivity contribution >= 4 is 40.3 Å². The van der Waals surface area contributed by atoms with E-state index in [2.05, 4.69) is 17.1 Å². The van der Waals surface area contributed by atoms with E-state index >= 15 is 0 Å². The highest BCUT2D eigenvalue weighted by Crippen LogP contribution is 2.33. The van der Waals surface area contributed by atoms with Crippen LogP contribution in [0, 0.1) is 0 Å². The SMILES string of the molecule is CCCCc1noc(CN2C(=O)S/C(=C/c3cccs3)C2=O)n1. The minimum atomic E-state index is -0.318. The molecule has 3 rings (SSSR count). The molecule has 3 heterocycles. The van der Waals surface area contributed by atoms with E-state index in [1.165, 1.54) is 11.3 Å². The van der Waals surface area contributed by atoms with E-state index < -0.39 is 0 Å². The topological polar surface area (TPSA) is 76.3 Å². The number of carbonyl (C=O) groups excluding carboxylic acids is 2. The lowest BCUT2D eigenvalue weighted by atomic mass is 10.2. The van der Waals surface area contributed by atoms with Gasteiger partial charge in [0, 0.05) is 11.3 Å². The number of carbonyl (C=O) groups is 2. The third kappa shape index (κ3) is 3.70. The van der Waals surface area contributed by atoms with E-state index in [0.29, 0.717) is 10.7 Å². The van der Waals surface area contributed by atoms with Gasteiger partial charge in [-0.2, -0.15) is 4.98 Å². The van der Waals surface area contributed by atoms with E-state index in [9.17, 15) is 9.59 Å². The molecule has 1 fully saturated rings. The van der Waals surface area contributed by atoms with Gasteiger partial charge in [-0.1, -0.05) is 24.6 Å². The van der Waals surface area contributed by atoms with Crippen molar-refractivity contribution in [3.8, 4) is 0 Å². The molecule has 0 aliphatic carbocycles. The maximum Gasteiger partial charge on any atom is 0.294 e. The molecular weight excluding hydrogens is 334 g/mol. The first-order chi connectivity index (χ1) is 11.2. The van der Waals surface area contributed by atoms with Crippen molar-refractivity contribution in [2.24, 2.45) is 0 Å².